The smallest absolute Gasteiger partial charge is 0.257 e. The van der Waals surface area contributed by atoms with Crippen molar-refractivity contribution in [3.63, 3.8) is 0 Å². The topological polar surface area (TPSA) is 78.0 Å². The number of aromatic nitrogens is 1. The Morgan fingerprint density at radius 1 is 1.19 bits per heavy atom. The van der Waals surface area contributed by atoms with Crippen LogP contribution in [0.4, 0.5) is 0 Å². The van der Waals surface area contributed by atoms with Crippen molar-refractivity contribution in [3.05, 3.63) is 75.7 Å². The number of amides is 1. The standard InChI is InChI=1S/C28H30N2O5S/c1-33-25-12-11-20-15-30(21(16-31)13-24(20)27(25)34-17-23-14-29-18-36-23)28(32)26(19-7-3-2-4-8-19)35-22-9-5-6-10-22/h2-4,7-8,11-12,14,16,18,21-22,26H,5-6,9-10,13,15,17H2,1H3/t21-,26+/m1/s1. The number of methoxy groups -OCH3 is 1. The van der Waals surface area contributed by atoms with Crippen molar-refractivity contribution in [3.8, 4) is 11.5 Å². The van der Waals surface area contributed by atoms with Gasteiger partial charge in [0, 0.05) is 24.7 Å². The minimum Gasteiger partial charge on any atom is -0.493 e. The summed E-state index contributed by atoms with van der Waals surface area (Å²) < 4.78 is 18.1. The van der Waals surface area contributed by atoms with Crippen LogP contribution in [-0.2, 0) is 33.9 Å². The number of carbonyl (C=O) groups excluding carboxylic acids is 2. The molecule has 0 bridgehead atoms. The summed E-state index contributed by atoms with van der Waals surface area (Å²) in [6, 6.07) is 12.8. The lowest BCUT2D eigenvalue weighted by molar-refractivity contribution is -0.153. The fourth-order valence-electron chi connectivity index (χ4n) is 5.05. The van der Waals surface area contributed by atoms with Gasteiger partial charge in [-0.15, -0.1) is 11.3 Å². The van der Waals surface area contributed by atoms with Gasteiger partial charge in [0.2, 0.25) is 0 Å². The molecule has 0 unspecified atom stereocenters. The molecule has 3 aromatic rings. The third-order valence-corrected chi connectivity index (χ3v) is 7.69. The fraction of sp³-hybridized carbons (Fsp3) is 0.393. The zero-order valence-corrected chi connectivity index (χ0v) is 21.1. The second-order valence-electron chi connectivity index (χ2n) is 9.20. The largest absolute Gasteiger partial charge is 0.493 e. The van der Waals surface area contributed by atoms with Crippen molar-refractivity contribution in [2.75, 3.05) is 7.11 Å². The maximum atomic E-state index is 13.9. The maximum absolute atomic E-state index is 13.9. The van der Waals surface area contributed by atoms with E-state index in [0.717, 1.165) is 53.5 Å². The first kappa shape index (κ1) is 24.5. The van der Waals surface area contributed by atoms with E-state index in [0.29, 0.717) is 31.1 Å². The highest BCUT2D eigenvalue weighted by molar-refractivity contribution is 7.09. The number of ether oxygens (including phenoxy) is 3. The Labute approximate surface area is 215 Å². The molecule has 8 heteroatoms. The van der Waals surface area contributed by atoms with Gasteiger partial charge in [-0.2, -0.15) is 0 Å². The summed E-state index contributed by atoms with van der Waals surface area (Å²) in [5, 5.41) is 0. The number of benzene rings is 2. The van der Waals surface area contributed by atoms with Crippen LogP contribution in [0.2, 0.25) is 0 Å². The predicted molar refractivity (Wildman–Crippen MR) is 136 cm³/mol. The van der Waals surface area contributed by atoms with Crippen molar-refractivity contribution in [1.29, 1.82) is 0 Å². The average molecular weight is 507 g/mol. The Hall–Kier alpha value is -3.23. The minimum absolute atomic E-state index is 0.0573. The van der Waals surface area contributed by atoms with Gasteiger partial charge in [0.1, 0.15) is 12.9 Å². The Balaban J connectivity index is 1.43. The van der Waals surface area contributed by atoms with E-state index in [2.05, 4.69) is 4.98 Å². The molecular formula is C28H30N2O5S. The summed E-state index contributed by atoms with van der Waals surface area (Å²) in [4.78, 5) is 33.0. The minimum atomic E-state index is -0.737. The van der Waals surface area contributed by atoms with Crippen molar-refractivity contribution in [2.45, 2.75) is 63.5 Å². The van der Waals surface area contributed by atoms with Gasteiger partial charge in [-0.05, 0) is 30.0 Å². The van der Waals surface area contributed by atoms with Crippen LogP contribution in [-0.4, -0.2) is 41.3 Å². The second-order valence-corrected chi connectivity index (χ2v) is 10.2. The van der Waals surface area contributed by atoms with Crippen LogP contribution in [0.1, 0.15) is 53.4 Å². The molecule has 1 aromatic heterocycles. The number of hydrogen-bond acceptors (Lipinski definition) is 7. The molecule has 188 valence electrons. The number of thiazole rings is 1. The third-order valence-electron chi connectivity index (χ3n) is 6.94. The highest BCUT2D eigenvalue weighted by Crippen LogP contribution is 2.40. The maximum Gasteiger partial charge on any atom is 0.257 e. The van der Waals surface area contributed by atoms with Crippen LogP contribution < -0.4 is 9.47 Å². The Morgan fingerprint density at radius 3 is 2.69 bits per heavy atom. The first-order valence-electron chi connectivity index (χ1n) is 12.3. The van der Waals surface area contributed by atoms with Gasteiger partial charge in [0.05, 0.1) is 29.6 Å². The molecule has 0 N–H and O–H groups in total. The Bertz CT molecular complexity index is 1180. The highest BCUT2D eigenvalue weighted by Gasteiger charge is 2.37. The van der Waals surface area contributed by atoms with E-state index in [9.17, 15) is 9.59 Å². The van der Waals surface area contributed by atoms with Crippen molar-refractivity contribution >= 4 is 23.5 Å². The molecule has 0 radical (unpaired) electrons. The van der Waals surface area contributed by atoms with Gasteiger partial charge in [-0.3, -0.25) is 9.78 Å². The van der Waals surface area contributed by atoms with Crippen LogP contribution in [0, 0.1) is 0 Å². The summed E-state index contributed by atoms with van der Waals surface area (Å²) in [7, 11) is 1.60. The van der Waals surface area contributed by atoms with Crippen molar-refractivity contribution in [1.82, 2.24) is 9.88 Å². The van der Waals surface area contributed by atoms with Gasteiger partial charge >= 0.3 is 0 Å². The highest BCUT2D eigenvalue weighted by atomic mass is 32.1. The number of nitrogens with zero attached hydrogens (tertiary/aromatic N) is 2. The average Bonchev–Trinajstić information content (AvgIpc) is 3.64. The normalized spacial score (nSPS) is 18.5. The van der Waals surface area contributed by atoms with E-state index in [1.54, 1.807) is 23.7 Å². The van der Waals surface area contributed by atoms with Gasteiger partial charge in [-0.1, -0.05) is 49.2 Å². The van der Waals surface area contributed by atoms with Gasteiger partial charge in [-0.25, -0.2) is 0 Å². The SMILES string of the molecule is COc1ccc2c(c1OCc1cncs1)C[C@H](C=O)N(C(=O)[C@@H](OC1CCCC1)c1ccccc1)C2. The van der Waals surface area contributed by atoms with E-state index in [1.165, 1.54) is 11.3 Å². The van der Waals surface area contributed by atoms with Crippen LogP contribution in [0.25, 0.3) is 0 Å². The summed E-state index contributed by atoms with van der Waals surface area (Å²) >= 11 is 1.52. The monoisotopic (exact) mass is 506 g/mol. The van der Waals surface area contributed by atoms with E-state index >= 15 is 0 Å². The molecule has 5 rings (SSSR count). The molecule has 1 fully saturated rings. The zero-order chi connectivity index (χ0) is 24.9. The molecule has 0 saturated heterocycles. The number of fused-ring (bicyclic) bond motifs is 1. The van der Waals surface area contributed by atoms with Gasteiger partial charge < -0.3 is 23.9 Å². The molecule has 2 heterocycles. The number of aldehydes is 1. The summed E-state index contributed by atoms with van der Waals surface area (Å²) in [6.45, 7) is 0.660. The van der Waals surface area contributed by atoms with E-state index < -0.39 is 12.1 Å². The third kappa shape index (κ3) is 5.15. The Morgan fingerprint density at radius 2 is 2.00 bits per heavy atom. The second kappa shape index (κ2) is 11.2. The molecule has 0 spiro atoms. The molecule has 2 aliphatic rings. The molecule has 1 aliphatic carbocycles. The lowest BCUT2D eigenvalue weighted by Gasteiger charge is -2.37. The summed E-state index contributed by atoms with van der Waals surface area (Å²) in [5.41, 5.74) is 4.41. The summed E-state index contributed by atoms with van der Waals surface area (Å²) in [5.74, 6) is 1.04. The molecule has 2 aromatic carbocycles. The van der Waals surface area contributed by atoms with Crippen LogP contribution in [0.15, 0.2) is 54.2 Å². The van der Waals surface area contributed by atoms with Gasteiger partial charge in [0.25, 0.3) is 5.91 Å². The zero-order valence-electron chi connectivity index (χ0n) is 20.3. The number of carbonyl (C=O) groups is 2. The summed E-state index contributed by atoms with van der Waals surface area (Å²) in [6.07, 6.45) is 6.43. The first-order valence-corrected chi connectivity index (χ1v) is 13.2. The molecule has 1 amide bonds. The van der Waals surface area contributed by atoms with Crippen LogP contribution in [0.3, 0.4) is 0 Å². The van der Waals surface area contributed by atoms with E-state index in [4.69, 9.17) is 14.2 Å². The molecule has 36 heavy (non-hydrogen) atoms. The van der Waals surface area contributed by atoms with Crippen LogP contribution in [0.5, 0.6) is 11.5 Å². The number of rotatable bonds is 9. The first-order chi connectivity index (χ1) is 17.7. The molecule has 7 nitrogen and oxygen atoms in total. The van der Waals surface area contributed by atoms with E-state index in [-0.39, 0.29) is 12.0 Å². The molecule has 1 aliphatic heterocycles. The molecule has 1 saturated carbocycles. The predicted octanol–water partition coefficient (Wildman–Crippen LogP) is 4.88. The molecule has 2 atom stereocenters. The quantitative estimate of drug-likeness (QED) is 0.385. The lowest BCUT2D eigenvalue weighted by Crippen LogP contribution is -2.48. The fourth-order valence-corrected chi connectivity index (χ4v) is 5.56. The van der Waals surface area contributed by atoms with Crippen molar-refractivity contribution < 1.29 is 23.8 Å². The lowest BCUT2D eigenvalue weighted by atomic mass is 9.92. The molecular weight excluding hydrogens is 476 g/mol. The van der Waals surface area contributed by atoms with E-state index in [1.807, 2.05) is 42.5 Å². The van der Waals surface area contributed by atoms with Gasteiger partial charge in [0.15, 0.2) is 17.6 Å². The van der Waals surface area contributed by atoms with Crippen molar-refractivity contribution in [2.24, 2.45) is 0 Å². The Kier molecular flexibility index (Phi) is 7.63. The van der Waals surface area contributed by atoms with Crippen LogP contribution >= 0.6 is 11.3 Å². The number of hydrogen-bond donors (Lipinski definition) is 0.